The van der Waals surface area contributed by atoms with Gasteiger partial charge in [0.15, 0.2) is 11.6 Å². The Morgan fingerprint density at radius 3 is 1.19 bits per heavy atom. The maximum absolute atomic E-state index is 4.81. The summed E-state index contributed by atoms with van der Waals surface area (Å²) in [5.41, 5.74) is 18.2. The molecule has 0 radical (unpaired) electrons. The Labute approximate surface area is 620 Å². The minimum atomic E-state index is 0.253. The number of rotatable bonds is 17. The maximum atomic E-state index is 4.81. The highest BCUT2D eigenvalue weighted by Gasteiger charge is 2.29. The maximum Gasteiger partial charge on any atom is 0.232 e. The van der Waals surface area contributed by atoms with Crippen molar-refractivity contribution in [3.05, 3.63) is 232 Å². The third kappa shape index (κ3) is 14.2. The number of aromatic amines is 5. The first-order valence-electron chi connectivity index (χ1n) is 36.6. The number of nitrogens with zero attached hydrogens (tertiary/aromatic N) is 16. The van der Waals surface area contributed by atoms with Crippen molar-refractivity contribution >= 4 is 114 Å². The van der Waals surface area contributed by atoms with Gasteiger partial charge in [-0.2, -0.15) is 55.2 Å². The van der Waals surface area contributed by atoms with Gasteiger partial charge in [-0.3, -0.25) is 19.1 Å². The van der Waals surface area contributed by atoms with Crippen molar-refractivity contribution < 1.29 is 0 Å². The molecule has 0 saturated carbocycles. The molecule has 12 heterocycles. The second kappa shape index (κ2) is 29.2. The quantitative estimate of drug-likeness (QED) is 0.0403. The molecule has 29 heteroatoms. The van der Waals surface area contributed by atoms with Crippen LogP contribution in [0.3, 0.4) is 0 Å². The van der Waals surface area contributed by atoms with E-state index in [9.17, 15) is 0 Å². The summed E-state index contributed by atoms with van der Waals surface area (Å²) < 4.78 is 5.41. The summed E-state index contributed by atoms with van der Waals surface area (Å²) >= 11 is 0. The van der Waals surface area contributed by atoms with E-state index in [-0.39, 0.29) is 24.2 Å². The fourth-order valence-electron chi connectivity index (χ4n) is 15.1. The van der Waals surface area contributed by atoms with E-state index in [4.69, 9.17) is 15.0 Å². The Balaban J connectivity index is 0.000000106. The molecule has 0 unspecified atom stereocenters. The van der Waals surface area contributed by atoms with Crippen molar-refractivity contribution in [2.45, 2.75) is 116 Å². The van der Waals surface area contributed by atoms with Crippen LogP contribution < -0.4 is 42.5 Å². The first-order valence-corrected chi connectivity index (χ1v) is 36.6. The zero-order chi connectivity index (χ0) is 73.4. The van der Waals surface area contributed by atoms with E-state index in [1.165, 1.54) is 44.5 Å². The van der Waals surface area contributed by atoms with Crippen molar-refractivity contribution in [3.63, 3.8) is 0 Å². The van der Waals surface area contributed by atoms with Gasteiger partial charge in [0.05, 0.1) is 75.2 Å². The molecule has 29 nitrogen and oxygen atoms in total. The monoisotopic (exact) mass is 1440 g/mol. The van der Waals surface area contributed by atoms with Gasteiger partial charge in [0.25, 0.3) is 0 Å². The van der Waals surface area contributed by atoms with E-state index in [0.717, 1.165) is 147 Å². The molecule has 4 aliphatic rings. The molecule has 0 saturated heterocycles. The van der Waals surface area contributed by atoms with E-state index < -0.39 is 0 Å². The SMILES string of the molecule is Cc1c(Nc2nc(N[C@@H]3CCc4ccccc43)c3cc[nH]c3n2)cnn1C(C)C.Cc1cc(Nc2nc(N[C@@H]3CCc4ccccc43)c3cc[nH]c3n2)n(C)n1.Cc1cc(Nc2nc(N[C@@H]3CCc4ccccc43)c3cc[nH]c3n2)n[nH]1.Cn1cc(Nc2nc(N[C@@H]3CCc4ccccc43)c3cc[nH]c3n2)nn1. The summed E-state index contributed by atoms with van der Waals surface area (Å²) in [6.45, 7) is 10.2. The van der Waals surface area contributed by atoms with Gasteiger partial charge >= 0.3 is 0 Å². The fourth-order valence-corrected chi connectivity index (χ4v) is 15.1. The molecule has 16 aromatic rings. The number of hydrogen-bond donors (Lipinski definition) is 13. The van der Waals surface area contributed by atoms with Crippen molar-refractivity contribution in [1.29, 1.82) is 0 Å². The summed E-state index contributed by atoms with van der Waals surface area (Å²) in [5, 5.41) is 55.3. The van der Waals surface area contributed by atoms with Crippen molar-refractivity contribution in [1.82, 2.24) is 105 Å². The Bertz CT molecular complexity index is 5710. The molecule has 4 atom stereocenters. The van der Waals surface area contributed by atoms with Crippen LogP contribution in [0.1, 0.15) is 131 Å². The van der Waals surface area contributed by atoms with Crippen LogP contribution in [0.5, 0.6) is 0 Å². The topological polar surface area (TPSA) is 358 Å². The van der Waals surface area contributed by atoms with Crippen LogP contribution in [0, 0.1) is 20.8 Å². The Hall–Kier alpha value is -13.5. The van der Waals surface area contributed by atoms with Gasteiger partial charge in [-0.1, -0.05) is 102 Å². The number of nitrogens with one attached hydrogen (secondary N) is 13. The van der Waals surface area contributed by atoms with Gasteiger partial charge in [-0.05, 0) is 155 Å². The molecule has 0 aliphatic heterocycles. The predicted octanol–water partition coefficient (Wildman–Crippen LogP) is 15.5. The van der Waals surface area contributed by atoms with E-state index in [2.05, 4.69) is 236 Å². The third-order valence-corrected chi connectivity index (χ3v) is 20.2. The van der Waals surface area contributed by atoms with Crippen molar-refractivity contribution in [2.75, 3.05) is 42.5 Å². The van der Waals surface area contributed by atoms with Gasteiger partial charge < -0.3 is 62.5 Å². The second-order valence-electron chi connectivity index (χ2n) is 28.0. The molecule has 544 valence electrons. The van der Waals surface area contributed by atoms with Crippen LogP contribution in [0.2, 0.25) is 0 Å². The summed E-state index contributed by atoms with van der Waals surface area (Å²) in [6, 6.07) is 47.7. The zero-order valence-corrected chi connectivity index (χ0v) is 60.9. The molecule has 0 bridgehead atoms. The third-order valence-electron chi connectivity index (χ3n) is 20.2. The molecule has 13 N–H and O–H groups in total. The molecular weight excluding hydrogens is 1360 g/mol. The van der Waals surface area contributed by atoms with Crippen molar-refractivity contribution in [2.24, 2.45) is 14.1 Å². The van der Waals surface area contributed by atoms with E-state index in [1.54, 1.807) is 15.6 Å². The van der Waals surface area contributed by atoms with Gasteiger partial charge in [-0.25, -0.2) is 0 Å². The van der Waals surface area contributed by atoms with Gasteiger partial charge in [0.2, 0.25) is 23.8 Å². The number of fused-ring (bicyclic) bond motifs is 8. The first-order chi connectivity index (χ1) is 52.8. The number of hydrogen-bond acceptors (Lipinski definition) is 21. The smallest absolute Gasteiger partial charge is 0.232 e. The standard InChI is InChI=1S/C22H25N7.C20H21N7.C19H19N7.C18H18N8/c1-13(2)29-14(3)19(12-24-29)26-22-27-20-17(10-11-23-20)21(28-22)25-18-9-8-15-6-4-5-7-16(15)18;1-12-11-17(27(2)26-12)23-20-24-18-15(9-10-21-18)19(25-20)22-16-8-7-13-5-3-4-6-14(13)16;1-11-10-16(26-25-11)22-19-23-17-14(8-9-20-17)18(24-19)21-15-7-6-12-4-2-3-5-13(12)15;1-26-10-15(24-25-26)21-18-22-16-13(8-9-19-16)17(23-18)20-14-7-6-11-4-2-3-5-12(11)14/h4-7,10-13,18H,8-9H2,1-3H3,(H3,23,25,26,27,28);3-6,9-11,16H,7-8H2,1-2H3,(H3,21,22,23,24,25);2-5,8-10,15H,6-7H2,1H3,(H4,20,21,22,23,24,25,26);2-5,8-10,14H,6-7H2,1H3,(H3,19,20,21,22,23)/t18-;16-;15-;14-/m1111/s1. The largest absolute Gasteiger partial charge is 0.363 e. The molecular formula is C79H83N29. The van der Waals surface area contributed by atoms with Crippen molar-refractivity contribution in [3.8, 4) is 0 Å². The molecule has 0 fully saturated rings. The highest BCUT2D eigenvalue weighted by molar-refractivity contribution is 5.91. The molecule has 108 heavy (non-hydrogen) atoms. The lowest BCUT2D eigenvalue weighted by Crippen LogP contribution is -2.11. The molecule has 4 aromatic carbocycles. The average Bonchev–Trinajstić information content (AvgIpc) is 1.64. The molecule has 0 spiro atoms. The minimum absolute atomic E-state index is 0.253. The summed E-state index contributed by atoms with van der Waals surface area (Å²) in [6.07, 6.45) is 19.8. The van der Waals surface area contributed by atoms with Crippen LogP contribution >= 0.6 is 0 Å². The van der Waals surface area contributed by atoms with E-state index >= 15 is 0 Å². The highest BCUT2D eigenvalue weighted by atomic mass is 15.4. The Morgan fingerprint density at radius 1 is 0.444 bits per heavy atom. The second-order valence-corrected chi connectivity index (χ2v) is 28.0. The van der Waals surface area contributed by atoms with Gasteiger partial charge in [0.1, 0.15) is 51.7 Å². The Morgan fingerprint density at radius 2 is 0.833 bits per heavy atom. The van der Waals surface area contributed by atoms with Crippen LogP contribution in [0.4, 0.5) is 70.2 Å². The molecule has 0 amide bonds. The summed E-state index contributed by atoms with van der Waals surface area (Å²) in [4.78, 5) is 50.0. The summed E-state index contributed by atoms with van der Waals surface area (Å²) in [5.74, 6) is 7.57. The number of anilines is 12. The summed E-state index contributed by atoms with van der Waals surface area (Å²) in [7, 11) is 3.72. The number of benzene rings is 4. The lowest BCUT2D eigenvalue weighted by Gasteiger charge is -2.16. The minimum Gasteiger partial charge on any atom is -0.363 e. The number of aryl methyl sites for hydroxylation is 8. The fraction of sp³-hybridized carbons (Fsp3) is 0.253. The molecule has 12 aromatic heterocycles. The normalized spacial score (nSPS) is 15.9. The van der Waals surface area contributed by atoms with E-state index in [0.29, 0.717) is 41.5 Å². The lowest BCUT2D eigenvalue weighted by molar-refractivity contribution is 0.519. The molecule has 20 rings (SSSR count). The number of aromatic nitrogens is 21. The average molecular weight is 1440 g/mol. The highest BCUT2D eigenvalue weighted by Crippen LogP contribution is 2.40. The van der Waals surface area contributed by atoms with Crippen LogP contribution in [0.25, 0.3) is 44.1 Å². The first kappa shape index (κ1) is 67.7. The zero-order valence-electron chi connectivity index (χ0n) is 60.9. The van der Waals surface area contributed by atoms with Gasteiger partial charge in [-0.15, -0.1) is 5.10 Å². The molecule has 4 aliphatic carbocycles. The van der Waals surface area contributed by atoms with E-state index in [1.807, 2.05) is 100 Å². The van der Waals surface area contributed by atoms with Crippen LogP contribution in [0.15, 0.2) is 171 Å². The van der Waals surface area contributed by atoms with Crippen LogP contribution in [-0.4, -0.2) is 105 Å². The number of H-pyrrole nitrogens is 5. The predicted molar refractivity (Wildman–Crippen MR) is 423 cm³/mol. The van der Waals surface area contributed by atoms with Gasteiger partial charge in [0, 0.05) is 62.8 Å². The van der Waals surface area contributed by atoms with Crippen LogP contribution in [-0.2, 0) is 39.8 Å². The Kier molecular flexibility index (Phi) is 18.3. The lowest BCUT2D eigenvalue weighted by atomic mass is 10.1.